The minimum atomic E-state index is 0.411. The van der Waals surface area contributed by atoms with Gasteiger partial charge in [-0.2, -0.15) is 0 Å². The number of rotatable bonds is 5. The third-order valence-corrected chi connectivity index (χ3v) is 4.73. The quantitative estimate of drug-likeness (QED) is 0.516. The molecule has 0 aliphatic carbocycles. The van der Waals surface area contributed by atoms with E-state index in [-0.39, 0.29) is 0 Å². The molecule has 1 aliphatic rings. The van der Waals surface area contributed by atoms with Crippen LogP contribution in [0, 0.1) is 0 Å². The van der Waals surface area contributed by atoms with Gasteiger partial charge in [-0.3, -0.25) is 0 Å². The predicted octanol–water partition coefficient (Wildman–Crippen LogP) is 4.38. The molecular formula is C23H26N6O. The van der Waals surface area contributed by atoms with Gasteiger partial charge in [0.15, 0.2) is 5.65 Å². The standard InChI is InChI=1S/C21H20N6O.C2H6/c1-2-5-16(6-3-1)28-21-10-9-20-23-14-18(27(20)26-21)17-7-4-8-19(25-17)24-15-11-12-22-13-15;1-2/h1-10,14-15,22H,11-13H2,(H,24,25);1-2H3. The molecular weight excluding hydrogens is 376 g/mol. The Morgan fingerprint density at radius 3 is 2.70 bits per heavy atom. The molecule has 7 nitrogen and oxygen atoms in total. The van der Waals surface area contributed by atoms with E-state index in [9.17, 15) is 0 Å². The molecule has 2 N–H and O–H groups in total. The fourth-order valence-corrected chi connectivity index (χ4v) is 3.34. The topological polar surface area (TPSA) is 76.4 Å². The van der Waals surface area contributed by atoms with Gasteiger partial charge in [-0.15, -0.1) is 5.10 Å². The molecule has 1 unspecified atom stereocenters. The molecule has 154 valence electrons. The number of hydrogen-bond acceptors (Lipinski definition) is 6. The van der Waals surface area contributed by atoms with Crippen molar-refractivity contribution in [2.24, 2.45) is 0 Å². The average molecular weight is 403 g/mol. The molecule has 0 bridgehead atoms. The Morgan fingerprint density at radius 2 is 1.90 bits per heavy atom. The van der Waals surface area contributed by atoms with Gasteiger partial charge in [0.1, 0.15) is 17.3 Å². The van der Waals surface area contributed by atoms with Crippen LogP contribution in [-0.2, 0) is 0 Å². The zero-order valence-corrected chi connectivity index (χ0v) is 17.2. The molecule has 4 heterocycles. The van der Waals surface area contributed by atoms with Crippen LogP contribution < -0.4 is 15.4 Å². The molecule has 1 fully saturated rings. The second-order valence-corrected chi connectivity index (χ2v) is 6.74. The molecule has 0 radical (unpaired) electrons. The number of anilines is 1. The second kappa shape index (κ2) is 9.37. The first-order valence-corrected chi connectivity index (χ1v) is 10.4. The highest BCUT2D eigenvalue weighted by molar-refractivity contribution is 5.61. The smallest absolute Gasteiger partial charge is 0.237 e. The summed E-state index contributed by atoms with van der Waals surface area (Å²) in [5, 5.41) is 11.4. The number of nitrogens with one attached hydrogen (secondary N) is 2. The number of ether oxygens (including phenoxy) is 1. The van der Waals surface area contributed by atoms with Crippen molar-refractivity contribution in [1.29, 1.82) is 0 Å². The monoisotopic (exact) mass is 402 g/mol. The fraction of sp³-hybridized carbons (Fsp3) is 0.261. The van der Waals surface area contributed by atoms with E-state index in [1.54, 1.807) is 10.7 Å². The van der Waals surface area contributed by atoms with Crippen LogP contribution in [0.25, 0.3) is 17.0 Å². The number of pyridine rings is 1. The Kier molecular flexibility index (Phi) is 6.20. The molecule has 4 aromatic rings. The summed E-state index contributed by atoms with van der Waals surface area (Å²) in [7, 11) is 0. The van der Waals surface area contributed by atoms with Gasteiger partial charge in [0.2, 0.25) is 5.88 Å². The van der Waals surface area contributed by atoms with E-state index < -0.39 is 0 Å². The van der Waals surface area contributed by atoms with Crippen LogP contribution in [0.15, 0.2) is 66.9 Å². The molecule has 5 rings (SSSR count). The highest BCUT2D eigenvalue weighted by Gasteiger charge is 2.15. The van der Waals surface area contributed by atoms with Gasteiger partial charge in [0.25, 0.3) is 0 Å². The van der Waals surface area contributed by atoms with Crippen LogP contribution in [-0.4, -0.2) is 38.7 Å². The van der Waals surface area contributed by atoms with Crippen molar-refractivity contribution in [3.05, 3.63) is 66.9 Å². The molecule has 30 heavy (non-hydrogen) atoms. The lowest BCUT2D eigenvalue weighted by molar-refractivity contribution is 0.453. The van der Waals surface area contributed by atoms with Gasteiger partial charge in [-0.05, 0) is 43.3 Å². The van der Waals surface area contributed by atoms with E-state index in [1.807, 2.05) is 74.5 Å². The van der Waals surface area contributed by atoms with Crippen molar-refractivity contribution in [2.45, 2.75) is 26.3 Å². The maximum absolute atomic E-state index is 5.86. The number of nitrogens with zero attached hydrogens (tertiary/aromatic N) is 4. The van der Waals surface area contributed by atoms with Gasteiger partial charge >= 0.3 is 0 Å². The van der Waals surface area contributed by atoms with E-state index in [0.717, 1.165) is 48.1 Å². The molecule has 1 aromatic carbocycles. The Labute approximate surface area is 176 Å². The van der Waals surface area contributed by atoms with Crippen LogP contribution in [0.3, 0.4) is 0 Å². The van der Waals surface area contributed by atoms with Crippen LogP contribution in [0.5, 0.6) is 11.6 Å². The van der Waals surface area contributed by atoms with E-state index in [4.69, 9.17) is 9.72 Å². The molecule has 1 aliphatic heterocycles. The van der Waals surface area contributed by atoms with Crippen molar-refractivity contribution in [1.82, 2.24) is 24.9 Å². The predicted molar refractivity (Wildman–Crippen MR) is 119 cm³/mol. The lowest BCUT2D eigenvalue weighted by atomic mass is 10.2. The fourth-order valence-electron chi connectivity index (χ4n) is 3.34. The SMILES string of the molecule is CC.c1ccc(Oc2ccc3ncc(-c4cccc(NC5CCNC5)n4)n3n2)cc1. The molecule has 3 aromatic heterocycles. The average Bonchev–Trinajstić information content (AvgIpc) is 3.46. The van der Waals surface area contributed by atoms with E-state index in [1.165, 1.54) is 0 Å². The molecule has 1 saturated heterocycles. The lowest BCUT2D eigenvalue weighted by Gasteiger charge is -2.12. The summed E-state index contributed by atoms with van der Waals surface area (Å²) in [6.07, 6.45) is 2.89. The highest BCUT2D eigenvalue weighted by atomic mass is 16.5. The summed E-state index contributed by atoms with van der Waals surface area (Å²) in [5.74, 6) is 2.10. The van der Waals surface area contributed by atoms with Gasteiger partial charge in [0.05, 0.1) is 11.9 Å². The molecule has 0 amide bonds. The van der Waals surface area contributed by atoms with Crippen molar-refractivity contribution < 1.29 is 4.74 Å². The van der Waals surface area contributed by atoms with Crippen molar-refractivity contribution in [3.8, 4) is 23.0 Å². The zero-order valence-electron chi connectivity index (χ0n) is 17.2. The minimum absolute atomic E-state index is 0.411. The number of benzene rings is 1. The van der Waals surface area contributed by atoms with Crippen molar-refractivity contribution >= 4 is 11.5 Å². The summed E-state index contributed by atoms with van der Waals surface area (Å²) in [6, 6.07) is 19.7. The Hall–Kier alpha value is -3.45. The van der Waals surface area contributed by atoms with Crippen molar-refractivity contribution in [2.75, 3.05) is 18.4 Å². The Bertz CT molecular complexity index is 1090. The summed E-state index contributed by atoms with van der Waals surface area (Å²) in [5.41, 5.74) is 2.38. The number of imidazole rings is 1. The second-order valence-electron chi connectivity index (χ2n) is 6.74. The van der Waals surface area contributed by atoms with Crippen LogP contribution >= 0.6 is 0 Å². The number of hydrogen-bond donors (Lipinski definition) is 2. The summed E-state index contributed by atoms with van der Waals surface area (Å²) < 4.78 is 7.63. The van der Waals surface area contributed by atoms with Crippen LogP contribution in [0.2, 0.25) is 0 Å². The van der Waals surface area contributed by atoms with Gasteiger partial charge in [0, 0.05) is 18.7 Å². The minimum Gasteiger partial charge on any atom is -0.438 e. The first kappa shape index (κ1) is 19.8. The molecule has 0 saturated carbocycles. The summed E-state index contributed by atoms with van der Waals surface area (Å²) in [4.78, 5) is 9.21. The maximum Gasteiger partial charge on any atom is 0.237 e. The molecule has 7 heteroatoms. The van der Waals surface area contributed by atoms with Gasteiger partial charge in [-0.25, -0.2) is 14.5 Å². The van der Waals surface area contributed by atoms with Crippen LogP contribution in [0.4, 0.5) is 5.82 Å². The maximum atomic E-state index is 5.86. The van der Waals surface area contributed by atoms with E-state index in [0.29, 0.717) is 11.9 Å². The normalized spacial score (nSPS) is 15.5. The van der Waals surface area contributed by atoms with Crippen molar-refractivity contribution in [3.63, 3.8) is 0 Å². The largest absolute Gasteiger partial charge is 0.438 e. The lowest BCUT2D eigenvalue weighted by Crippen LogP contribution is -2.22. The van der Waals surface area contributed by atoms with Gasteiger partial charge < -0.3 is 15.4 Å². The Balaban J connectivity index is 0.00000106. The number of para-hydroxylation sites is 1. The molecule has 1 atom stereocenters. The summed E-state index contributed by atoms with van der Waals surface area (Å²) in [6.45, 7) is 6.00. The van der Waals surface area contributed by atoms with E-state index in [2.05, 4.69) is 20.7 Å². The first-order valence-electron chi connectivity index (χ1n) is 10.4. The van der Waals surface area contributed by atoms with E-state index >= 15 is 0 Å². The number of fused-ring (bicyclic) bond motifs is 1. The molecule has 0 spiro atoms. The summed E-state index contributed by atoms with van der Waals surface area (Å²) >= 11 is 0. The third kappa shape index (κ3) is 4.41. The highest BCUT2D eigenvalue weighted by Crippen LogP contribution is 2.23. The Morgan fingerprint density at radius 1 is 1.03 bits per heavy atom. The first-order chi connectivity index (χ1) is 14.8. The zero-order chi connectivity index (χ0) is 20.8. The van der Waals surface area contributed by atoms with Gasteiger partial charge in [-0.1, -0.05) is 38.1 Å². The third-order valence-electron chi connectivity index (χ3n) is 4.73. The van der Waals surface area contributed by atoms with Crippen LogP contribution in [0.1, 0.15) is 20.3 Å². The number of aromatic nitrogens is 4.